The van der Waals surface area contributed by atoms with E-state index in [0.717, 1.165) is 31.2 Å². The van der Waals surface area contributed by atoms with Gasteiger partial charge in [0.05, 0.1) is 0 Å². The third-order valence-corrected chi connectivity index (χ3v) is 3.38. The Morgan fingerprint density at radius 1 is 1.00 bits per heavy atom. The molecule has 1 aromatic rings. The summed E-state index contributed by atoms with van der Waals surface area (Å²) >= 11 is 0. The minimum Gasteiger partial charge on any atom is -0.462 e. The molecule has 4 nitrogen and oxygen atoms in total. The average molecular weight is 276 g/mol. The number of benzene rings is 1. The van der Waals surface area contributed by atoms with Crippen molar-refractivity contribution in [2.24, 2.45) is 0 Å². The van der Waals surface area contributed by atoms with Gasteiger partial charge in [-0.3, -0.25) is 9.59 Å². The molecule has 0 heterocycles. The molecule has 0 bridgehead atoms. The zero-order valence-electron chi connectivity index (χ0n) is 11.5. The summed E-state index contributed by atoms with van der Waals surface area (Å²) in [6, 6.07) is 9.38. The molecule has 1 aliphatic rings. The van der Waals surface area contributed by atoms with Crippen LogP contribution < -0.4 is 0 Å². The molecule has 0 saturated heterocycles. The van der Waals surface area contributed by atoms with E-state index in [4.69, 9.17) is 9.47 Å². The third-order valence-electron chi connectivity index (χ3n) is 3.38. The van der Waals surface area contributed by atoms with Gasteiger partial charge in [0, 0.05) is 0 Å². The number of hydrogen-bond donors (Lipinski definition) is 0. The maximum absolute atomic E-state index is 11.6. The first kappa shape index (κ1) is 14.6. The molecule has 0 N–H and O–H groups in total. The quantitative estimate of drug-likeness (QED) is 0.613. The van der Waals surface area contributed by atoms with Gasteiger partial charge in [-0.25, -0.2) is 0 Å². The number of hydrogen-bond acceptors (Lipinski definition) is 4. The Morgan fingerprint density at radius 2 is 1.70 bits per heavy atom. The molecule has 0 aromatic heterocycles. The second-order valence-corrected chi connectivity index (χ2v) is 5.07. The zero-order chi connectivity index (χ0) is 14.2. The lowest BCUT2D eigenvalue weighted by molar-refractivity contribution is -0.159. The SMILES string of the molecule is O=C(CC(=O)OC1CCCCC1)OCc1ccccc1. The Kier molecular flexibility index (Phi) is 5.59. The van der Waals surface area contributed by atoms with Crippen molar-refractivity contribution in [3.8, 4) is 0 Å². The fraction of sp³-hybridized carbons (Fsp3) is 0.500. The highest BCUT2D eigenvalue weighted by Crippen LogP contribution is 2.20. The van der Waals surface area contributed by atoms with Crippen LogP contribution in [0.15, 0.2) is 30.3 Å². The molecule has 0 unspecified atom stereocenters. The first-order valence-electron chi connectivity index (χ1n) is 7.13. The van der Waals surface area contributed by atoms with E-state index in [1.807, 2.05) is 30.3 Å². The van der Waals surface area contributed by atoms with Gasteiger partial charge in [0.2, 0.25) is 0 Å². The summed E-state index contributed by atoms with van der Waals surface area (Å²) in [5, 5.41) is 0. The summed E-state index contributed by atoms with van der Waals surface area (Å²) in [4.78, 5) is 23.2. The van der Waals surface area contributed by atoms with Gasteiger partial charge < -0.3 is 9.47 Å². The Bertz CT molecular complexity index is 435. The van der Waals surface area contributed by atoms with E-state index in [1.54, 1.807) is 0 Å². The molecule has 1 saturated carbocycles. The van der Waals surface area contributed by atoms with Crippen molar-refractivity contribution < 1.29 is 19.1 Å². The van der Waals surface area contributed by atoms with Crippen LogP contribution >= 0.6 is 0 Å². The molecule has 1 aromatic carbocycles. The van der Waals surface area contributed by atoms with Crippen LogP contribution in [0.2, 0.25) is 0 Å². The molecule has 0 amide bonds. The van der Waals surface area contributed by atoms with E-state index in [9.17, 15) is 9.59 Å². The molecule has 1 aliphatic carbocycles. The van der Waals surface area contributed by atoms with Crippen molar-refractivity contribution in [2.45, 2.75) is 51.2 Å². The summed E-state index contributed by atoms with van der Waals surface area (Å²) in [6.45, 7) is 0.191. The molecule has 2 rings (SSSR count). The highest BCUT2D eigenvalue weighted by atomic mass is 16.6. The lowest BCUT2D eigenvalue weighted by Crippen LogP contribution is -2.23. The molecule has 0 atom stereocenters. The van der Waals surface area contributed by atoms with E-state index in [2.05, 4.69) is 0 Å². The predicted molar refractivity (Wildman–Crippen MR) is 73.8 cm³/mol. The minimum absolute atomic E-state index is 0.0156. The van der Waals surface area contributed by atoms with Crippen molar-refractivity contribution in [3.05, 3.63) is 35.9 Å². The van der Waals surface area contributed by atoms with Crippen LogP contribution in [0.3, 0.4) is 0 Å². The van der Waals surface area contributed by atoms with E-state index in [0.29, 0.717) is 0 Å². The molecule has 0 radical (unpaired) electrons. The predicted octanol–water partition coefficient (Wildman–Crippen LogP) is 3.00. The molecule has 0 aliphatic heterocycles. The van der Waals surface area contributed by atoms with Gasteiger partial charge in [0.25, 0.3) is 0 Å². The number of rotatable bonds is 5. The summed E-state index contributed by atoms with van der Waals surface area (Å²) < 4.78 is 10.3. The van der Waals surface area contributed by atoms with Crippen molar-refractivity contribution in [3.63, 3.8) is 0 Å². The fourth-order valence-electron chi connectivity index (χ4n) is 2.32. The van der Waals surface area contributed by atoms with Crippen LogP contribution in [0.1, 0.15) is 44.1 Å². The Labute approximate surface area is 119 Å². The molecule has 108 valence electrons. The van der Waals surface area contributed by atoms with Gasteiger partial charge in [-0.15, -0.1) is 0 Å². The van der Waals surface area contributed by atoms with Crippen LogP contribution in [0.5, 0.6) is 0 Å². The molecular formula is C16H20O4. The number of carbonyl (C=O) groups is 2. The fourth-order valence-corrected chi connectivity index (χ4v) is 2.32. The summed E-state index contributed by atoms with van der Waals surface area (Å²) in [7, 11) is 0. The first-order chi connectivity index (χ1) is 9.74. The van der Waals surface area contributed by atoms with E-state index in [1.165, 1.54) is 6.42 Å². The van der Waals surface area contributed by atoms with Gasteiger partial charge in [0.15, 0.2) is 0 Å². The van der Waals surface area contributed by atoms with Crippen LogP contribution in [-0.2, 0) is 25.7 Å². The summed E-state index contributed by atoms with van der Waals surface area (Å²) in [5.74, 6) is -1.01. The monoisotopic (exact) mass is 276 g/mol. The lowest BCUT2D eigenvalue weighted by Gasteiger charge is -2.21. The Morgan fingerprint density at radius 3 is 2.40 bits per heavy atom. The molecule has 4 heteroatoms. The number of carbonyl (C=O) groups excluding carboxylic acids is 2. The minimum atomic E-state index is -0.533. The highest BCUT2D eigenvalue weighted by molar-refractivity contribution is 5.91. The highest BCUT2D eigenvalue weighted by Gasteiger charge is 2.20. The van der Waals surface area contributed by atoms with Crippen LogP contribution in [0.4, 0.5) is 0 Å². The molecular weight excluding hydrogens is 256 g/mol. The Hall–Kier alpha value is -1.84. The molecule has 0 spiro atoms. The number of ether oxygens (including phenoxy) is 2. The normalized spacial score (nSPS) is 15.6. The van der Waals surface area contributed by atoms with E-state index < -0.39 is 11.9 Å². The van der Waals surface area contributed by atoms with Crippen LogP contribution in [0, 0.1) is 0 Å². The van der Waals surface area contributed by atoms with Gasteiger partial charge >= 0.3 is 11.9 Å². The zero-order valence-corrected chi connectivity index (χ0v) is 11.5. The van der Waals surface area contributed by atoms with E-state index in [-0.39, 0.29) is 19.1 Å². The van der Waals surface area contributed by atoms with Crippen LogP contribution in [0.25, 0.3) is 0 Å². The van der Waals surface area contributed by atoms with Gasteiger partial charge in [-0.2, -0.15) is 0 Å². The van der Waals surface area contributed by atoms with Crippen molar-refractivity contribution in [1.29, 1.82) is 0 Å². The van der Waals surface area contributed by atoms with Crippen molar-refractivity contribution in [2.75, 3.05) is 0 Å². The Balaban J connectivity index is 1.67. The van der Waals surface area contributed by atoms with Crippen molar-refractivity contribution in [1.82, 2.24) is 0 Å². The third kappa shape index (κ3) is 5.03. The topological polar surface area (TPSA) is 52.6 Å². The van der Waals surface area contributed by atoms with Crippen molar-refractivity contribution >= 4 is 11.9 Å². The molecule has 20 heavy (non-hydrogen) atoms. The number of esters is 2. The lowest BCUT2D eigenvalue weighted by atomic mass is 9.98. The largest absolute Gasteiger partial charge is 0.462 e. The average Bonchev–Trinajstić information content (AvgIpc) is 2.47. The summed E-state index contributed by atoms with van der Waals surface area (Å²) in [5.41, 5.74) is 0.904. The standard InChI is InChI=1S/C16H20O4/c17-15(19-12-13-7-3-1-4-8-13)11-16(18)20-14-9-5-2-6-10-14/h1,3-4,7-8,14H,2,5-6,9-12H2. The maximum atomic E-state index is 11.6. The van der Waals surface area contributed by atoms with Gasteiger partial charge in [-0.05, 0) is 31.2 Å². The van der Waals surface area contributed by atoms with Crippen LogP contribution in [-0.4, -0.2) is 18.0 Å². The maximum Gasteiger partial charge on any atom is 0.317 e. The first-order valence-corrected chi connectivity index (χ1v) is 7.13. The van der Waals surface area contributed by atoms with E-state index >= 15 is 0 Å². The van der Waals surface area contributed by atoms with Gasteiger partial charge in [0.1, 0.15) is 19.1 Å². The second kappa shape index (κ2) is 7.68. The molecule has 1 fully saturated rings. The smallest absolute Gasteiger partial charge is 0.317 e. The van der Waals surface area contributed by atoms with Gasteiger partial charge in [-0.1, -0.05) is 36.8 Å². The second-order valence-electron chi connectivity index (χ2n) is 5.07. The summed E-state index contributed by atoms with van der Waals surface area (Å²) in [6.07, 6.45) is 4.89.